The molecule has 260 valence electrons. The van der Waals surface area contributed by atoms with Crippen molar-refractivity contribution in [1.29, 1.82) is 0 Å². The van der Waals surface area contributed by atoms with Crippen LogP contribution in [0.5, 0.6) is 5.75 Å². The first-order chi connectivity index (χ1) is 24.6. The van der Waals surface area contributed by atoms with E-state index in [1.54, 1.807) is 6.07 Å². The molecule has 2 saturated heterocycles. The van der Waals surface area contributed by atoms with Crippen LogP contribution in [0, 0.1) is 0 Å². The van der Waals surface area contributed by atoms with Gasteiger partial charge in [0.2, 0.25) is 0 Å². The average Bonchev–Trinajstić information content (AvgIpc) is 3.41. The van der Waals surface area contributed by atoms with Crippen LogP contribution in [-0.4, -0.2) is 52.6 Å². The number of anilines is 2. The third-order valence-electron chi connectivity index (χ3n) is 11.2. The molecule has 5 nitrogen and oxygen atoms in total. The molecular formula is C43H39F3N2O3. The Hall–Kier alpha value is -4.79. The van der Waals surface area contributed by atoms with Crippen LogP contribution in [0.1, 0.15) is 47.2 Å². The second kappa shape index (κ2) is 11.9. The monoisotopic (exact) mass is 688 g/mol. The average molecular weight is 689 g/mol. The number of alkyl halides is 3. The molecule has 5 aromatic carbocycles. The minimum Gasteiger partial charge on any atom is -0.472 e. The summed E-state index contributed by atoms with van der Waals surface area (Å²) in [5.41, 5.74) is 6.34. The van der Waals surface area contributed by atoms with Crippen LogP contribution < -0.4 is 14.5 Å². The highest BCUT2D eigenvalue weighted by atomic mass is 19.4. The molecule has 3 heterocycles. The van der Waals surface area contributed by atoms with Gasteiger partial charge in [0.1, 0.15) is 5.75 Å². The zero-order chi connectivity index (χ0) is 35.0. The second-order valence-corrected chi connectivity index (χ2v) is 14.4. The van der Waals surface area contributed by atoms with Crippen LogP contribution >= 0.6 is 0 Å². The van der Waals surface area contributed by atoms with E-state index in [0.29, 0.717) is 32.0 Å². The summed E-state index contributed by atoms with van der Waals surface area (Å²) in [5.74, 6) is 0.735. The van der Waals surface area contributed by atoms with E-state index in [2.05, 4.69) is 82.6 Å². The molecule has 0 amide bonds. The maximum atomic E-state index is 14.0. The van der Waals surface area contributed by atoms with E-state index in [4.69, 9.17) is 14.2 Å². The number of rotatable bonds is 4. The molecule has 0 spiro atoms. The summed E-state index contributed by atoms with van der Waals surface area (Å²) in [6.45, 7) is 10.3. The van der Waals surface area contributed by atoms with Gasteiger partial charge >= 0.3 is 6.18 Å². The molecule has 8 heteroatoms. The van der Waals surface area contributed by atoms with Crippen molar-refractivity contribution in [2.75, 3.05) is 62.4 Å². The Kier molecular flexibility index (Phi) is 7.49. The Morgan fingerprint density at radius 3 is 1.76 bits per heavy atom. The fraction of sp³-hybridized carbons (Fsp3) is 0.302. The van der Waals surface area contributed by atoms with E-state index in [1.807, 2.05) is 26.0 Å². The molecule has 1 aliphatic carbocycles. The molecule has 9 rings (SSSR count). The minimum absolute atomic E-state index is 0.632. The van der Waals surface area contributed by atoms with Gasteiger partial charge in [-0.1, -0.05) is 74.5 Å². The first-order valence-corrected chi connectivity index (χ1v) is 17.7. The van der Waals surface area contributed by atoms with Crippen molar-refractivity contribution in [1.82, 2.24) is 0 Å². The first kappa shape index (κ1) is 32.1. The summed E-state index contributed by atoms with van der Waals surface area (Å²) in [4.78, 5) is 4.68. The van der Waals surface area contributed by atoms with Gasteiger partial charge in [-0.3, -0.25) is 0 Å². The summed E-state index contributed by atoms with van der Waals surface area (Å²) < 4.78 is 60.6. The molecule has 0 radical (unpaired) electrons. The summed E-state index contributed by atoms with van der Waals surface area (Å²) in [7, 11) is 0. The van der Waals surface area contributed by atoms with E-state index < -0.39 is 22.8 Å². The first-order valence-electron chi connectivity index (χ1n) is 17.7. The van der Waals surface area contributed by atoms with Crippen LogP contribution in [0.2, 0.25) is 0 Å². The molecule has 0 bridgehead atoms. The number of ether oxygens (including phenoxy) is 3. The molecule has 0 N–H and O–H groups in total. The lowest BCUT2D eigenvalue weighted by Gasteiger charge is -2.39. The fourth-order valence-electron chi connectivity index (χ4n) is 8.57. The van der Waals surface area contributed by atoms with Crippen molar-refractivity contribution < 1.29 is 27.4 Å². The third kappa shape index (κ3) is 5.14. The Balaban J connectivity index is 1.22. The Bertz CT molecular complexity index is 2100. The van der Waals surface area contributed by atoms with Crippen LogP contribution in [0.15, 0.2) is 97.1 Å². The molecule has 51 heavy (non-hydrogen) atoms. The van der Waals surface area contributed by atoms with Gasteiger partial charge in [-0.2, -0.15) is 13.2 Å². The van der Waals surface area contributed by atoms with E-state index in [1.165, 1.54) is 12.1 Å². The van der Waals surface area contributed by atoms with Crippen molar-refractivity contribution in [3.05, 3.63) is 130 Å². The van der Waals surface area contributed by atoms with E-state index in [9.17, 15) is 13.2 Å². The Labute approximate surface area is 295 Å². The van der Waals surface area contributed by atoms with Crippen molar-refractivity contribution in [2.45, 2.75) is 31.0 Å². The lowest BCUT2D eigenvalue weighted by atomic mass is 9.76. The maximum Gasteiger partial charge on any atom is 0.416 e. The van der Waals surface area contributed by atoms with Crippen LogP contribution in [0.4, 0.5) is 24.5 Å². The number of hydrogen-bond donors (Lipinski definition) is 0. The lowest BCUT2D eigenvalue weighted by Crippen LogP contribution is -2.37. The minimum atomic E-state index is -4.43. The lowest BCUT2D eigenvalue weighted by molar-refractivity contribution is -0.137. The second-order valence-electron chi connectivity index (χ2n) is 14.4. The SMILES string of the molecule is CC1(C)c2cc(C(F)(F)F)ccc2-c2c1c1c(c3ccccc23)OC(c2ccc(N3CCOCC3)cc2)(c2ccc(N3CCOCC3)cc2)C=C1. The highest BCUT2D eigenvalue weighted by molar-refractivity contribution is 6.08. The largest absolute Gasteiger partial charge is 0.472 e. The van der Waals surface area contributed by atoms with Gasteiger partial charge in [-0.05, 0) is 70.1 Å². The van der Waals surface area contributed by atoms with Gasteiger partial charge in [-0.15, -0.1) is 0 Å². The van der Waals surface area contributed by atoms with Crippen molar-refractivity contribution in [2.24, 2.45) is 0 Å². The molecule has 0 aromatic heterocycles. The summed E-state index contributed by atoms with van der Waals surface area (Å²) in [5, 5.41) is 1.89. The van der Waals surface area contributed by atoms with Crippen molar-refractivity contribution in [3.63, 3.8) is 0 Å². The number of nitrogens with zero attached hydrogens (tertiary/aromatic N) is 2. The van der Waals surface area contributed by atoms with Gasteiger partial charge in [0, 0.05) is 65.0 Å². The van der Waals surface area contributed by atoms with Gasteiger partial charge in [0.25, 0.3) is 0 Å². The molecule has 5 aromatic rings. The molecule has 0 saturated carbocycles. The molecule has 2 fully saturated rings. The molecule has 0 unspecified atom stereocenters. The highest BCUT2D eigenvalue weighted by Gasteiger charge is 2.45. The molecule has 0 atom stereocenters. The molecular weight excluding hydrogens is 649 g/mol. The summed E-state index contributed by atoms with van der Waals surface area (Å²) in [6.07, 6.45) is -0.148. The number of hydrogen-bond acceptors (Lipinski definition) is 5. The van der Waals surface area contributed by atoms with E-state index in [-0.39, 0.29) is 0 Å². The predicted octanol–water partition coefficient (Wildman–Crippen LogP) is 9.19. The van der Waals surface area contributed by atoms with Crippen molar-refractivity contribution in [3.8, 4) is 16.9 Å². The third-order valence-corrected chi connectivity index (χ3v) is 11.2. The summed E-state index contributed by atoms with van der Waals surface area (Å²) in [6, 6.07) is 29.6. The van der Waals surface area contributed by atoms with Gasteiger partial charge < -0.3 is 24.0 Å². The Morgan fingerprint density at radius 1 is 0.667 bits per heavy atom. The van der Waals surface area contributed by atoms with E-state index >= 15 is 0 Å². The highest BCUT2D eigenvalue weighted by Crippen LogP contribution is 2.58. The smallest absolute Gasteiger partial charge is 0.416 e. The van der Waals surface area contributed by atoms with Crippen LogP contribution in [0.3, 0.4) is 0 Å². The van der Waals surface area contributed by atoms with E-state index in [0.717, 1.165) is 87.5 Å². The molecule has 4 aliphatic rings. The molecule has 3 aliphatic heterocycles. The van der Waals surface area contributed by atoms with Gasteiger partial charge in [-0.25, -0.2) is 0 Å². The maximum absolute atomic E-state index is 14.0. The number of halogens is 3. The van der Waals surface area contributed by atoms with Crippen molar-refractivity contribution >= 4 is 28.2 Å². The van der Waals surface area contributed by atoms with Crippen LogP contribution in [-0.2, 0) is 26.7 Å². The topological polar surface area (TPSA) is 34.2 Å². The standard InChI is InChI=1S/C43H39F3N2O3/c1-41(2)37-27-30(43(44,45)46)11-16-35(37)38-33-5-3-4-6-34(33)40-36(39(38)41)17-18-42(51-40,28-7-12-31(13-8-28)47-19-23-49-24-20-47)29-9-14-32(15-10-29)48-21-25-50-26-22-48/h3-18,27H,19-26H2,1-2H3. The fourth-order valence-corrected chi connectivity index (χ4v) is 8.57. The van der Waals surface area contributed by atoms with Gasteiger partial charge in [0.15, 0.2) is 5.60 Å². The number of morpholine rings is 2. The Morgan fingerprint density at radius 2 is 1.22 bits per heavy atom. The normalized spacial score (nSPS) is 19.0. The zero-order valence-electron chi connectivity index (χ0n) is 28.7. The predicted molar refractivity (Wildman–Crippen MR) is 196 cm³/mol. The zero-order valence-corrected chi connectivity index (χ0v) is 28.7. The van der Waals surface area contributed by atoms with Gasteiger partial charge in [0.05, 0.1) is 32.0 Å². The number of fused-ring (bicyclic) bond motifs is 8. The summed E-state index contributed by atoms with van der Waals surface area (Å²) >= 11 is 0. The number of benzene rings is 5. The quantitative estimate of drug-likeness (QED) is 0.188. The van der Waals surface area contributed by atoms with Crippen LogP contribution in [0.25, 0.3) is 28.0 Å².